The lowest BCUT2D eigenvalue weighted by Crippen LogP contribution is -2.56. The minimum Gasteiger partial charge on any atom is -0.446 e. The highest BCUT2D eigenvalue weighted by Crippen LogP contribution is 2.36. The van der Waals surface area contributed by atoms with E-state index in [2.05, 4.69) is 50.1 Å². The van der Waals surface area contributed by atoms with Crippen molar-refractivity contribution in [3.63, 3.8) is 0 Å². The molecule has 1 aromatic heterocycles. The van der Waals surface area contributed by atoms with Crippen LogP contribution in [0.2, 0.25) is 0 Å². The molecule has 5 nitrogen and oxygen atoms in total. The van der Waals surface area contributed by atoms with Gasteiger partial charge in [-0.05, 0) is 56.7 Å². The van der Waals surface area contributed by atoms with Gasteiger partial charge in [-0.15, -0.1) is 0 Å². The Labute approximate surface area is 190 Å². The Balaban J connectivity index is 1.44. The van der Waals surface area contributed by atoms with E-state index in [1.165, 1.54) is 5.56 Å². The number of aryl methyl sites for hydroxylation is 1. The normalized spacial score (nSPS) is 29.0. The second-order valence-corrected chi connectivity index (χ2v) is 11.1. The molecule has 2 aromatic rings. The van der Waals surface area contributed by atoms with Crippen molar-refractivity contribution in [2.45, 2.75) is 63.1 Å². The molecule has 0 N–H and O–H groups in total. The molecule has 0 bridgehead atoms. The molecule has 2 heterocycles. The van der Waals surface area contributed by atoms with Crippen LogP contribution in [0.25, 0.3) is 0 Å². The molecule has 2 aliphatic rings. The molecular formula is C23H31BrN2O3S. The van der Waals surface area contributed by atoms with Crippen molar-refractivity contribution in [3.8, 4) is 0 Å². The van der Waals surface area contributed by atoms with Gasteiger partial charge >= 0.3 is 0 Å². The topological polar surface area (TPSA) is 55.6 Å². The molecule has 1 aromatic carbocycles. The number of oxazole rings is 1. The zero-order chi connectivity index (χ0) is 21.1. The fourth-order valence-electron chi connectivity index (χ4n) is 4.87. The van der Waals surface area contributed by atoms with Gasteiger partial charge in [0.05, 0.1) is 24.7 Å². The zero-order valence-electron chi connectivity index (χ0n) is 17.8. The van der Waals surface area contributed by atoms with E-state index in [9.17, 15) is 4.21 Å². The van der Waals surface area contributed by atoms with Crippen molar-refractivity contribution in [1.82, 2.24) is 9.88 Å². The second kappa shape index (κ2) is 10.1. The highest BCUT2D eigenvalue weighted by atomic mass is 79.9. The fraction of sp³-hybridized carbons (Fsp3) is 0.609. The van der Waals surface area contributed by atoms with Crippen LogP contribution >= 0.6 is 15.9 Å². The second-order valence-electron chi connectivity index (χ2n) is 8.69. The van der Waals surface area contributed by atoms with Crippen molar-refractivity contribution < 1.29 is 13.4 Å². The summed E-state index contributed by atoms with van der Waals surface area (Å²) >= 11 is 3.53. The largest absolute Gasteiger partial charge is 0.446 e. The van der Waals surface area contributed by atoms with Gasteiger partial charge in [0, 0.05) is 46.1 Å². The monoisotopic (exact) mass is 494 g/mol. The van der Waals surface area contributed by atoms with Gasteiger partial charge in [-0.2, -0.15) is 0 Å². The molecule has 7 heteroatoms. The lowest BCUT2D eigenvalue weighted by Gasteiger charge is -2.46. The number of nitrogens with zero attached hydrogens (tertiary/aromatic N) is 2. The van der Waals surface area contributed by atoms with Crippen LogP contribution in [-0.4, -0.2) is 57.4 Å². The maximum Gasteiger partial charge on any atom is 0.197 e. The summed E-state index contributed by atoms with van der Waals surface area (Å²) in [5.74, 6) is 2.84. The first-order chi connectivity index (χ1) is 14.5. The minimum absolute atomic E-state index is 0.0594. The van der Waals surface area contributed by atoms with Gasteiger partial charge in [-0.3, -0.25) is 9.11 Å². The van der Waals surface area contributed by atoms with Crippen LogP contribution in [0.5, 0.6) is 0 Å². The number of halogens is 1. The van der Waals surface area contributed by atoms with Crippen molar-refractivity contribution in [3.05, 3.63) is 52.1 Å². The third-order valence-electron chi connectivity index (χ3n) is 6.37. The van der Waals surface area contributed by atoms with E-state index in [4.69, 9.17) is 9.15 Å². The van der Waals surface area contributed by atoms with Crippen LogP contribution in [0.1, 0.15) is 48.8 Å². The summed E-state index contributed by atoms with van der Waals surface area (Å²) in [5, 5.41) is 0. The molecule has 164 valence electrons. The van der Waals surface area contributed by atoms with Gasteiger partial charge in [-0.1, -0.05) is 28.1 Å². The summed E-state index contributed by atoms with van der Waals surface area (Å²) < 4.78 is 24.8. The lowest BCUT2D eigenvalue weighted by atomic mass is 9.84. The molecule has 1 saturated carbocycles. The third kappa shape index (κ3) is 5.61. The van der Waals surface area contributed by atoms with Crippen LogP contribution in [0, 0.1) is 6.92 Å². The number of aromatic nitrogens is 1. The average Bonchev–Trinajstić information content (AvgIpc) is 3.17. The van der Waals surface area contributed by atoms with E-state index in [-0.39, 0.29) is 6.10 Å². The van der Waals surface area contributed by atoms with Crippen LogP contribution in [0.15, 0.2) is 39.4 Å². The minimum atomic E-state index is -0.841. The highest BCUT2D eigenvalue weighted by Gasteiger charge is 2.36. The van der Waals surface area contributed by atoms with E-state index in [0.717, 1.165) is 54.8 Å². The summed E-state index contributed by atoms with van der Waals surface area (Å²) in [4.78, 5) is 7.11. The molecule has 3 unspecified atom stereocenters. The first kappa shape index (κ1) is 22.2. The maximum absolute atomic E-state index is 11.8. The first-order valence-corrected chi connectivity index (χ1v) is 13.3. The van der Waals surface area contributed by atoms with Gasteiger partial charge in [0.15, 0.2) is 5.89 Å². The summed E-state index contributed by atoms with van der Waals surface area (Å²) in [6, 6.07) is 9.49. The molecule has 1 aliphatic heterocycles. The summed E-state index contributed by atoms with van der Waals surface area (Å²) in [6.45, 7) is 3.53. The van der Waals surface area contributed by atoms with Crippen molar-refractivity contribution >= 4 is 26.7 Å². The maximum atomic E-state index is 11.8. The molecule has 4 rings (SSSR count). The standard InChI is InChI=1S/C23H31BrN2O3S/c1-16-12-25-23(29-16)18-5-9-20(10-6-18)26-13-22(15-30(2)27)28-14-21(26)11-17-3-7-19(24)8-4-17/h3-4,7-8,12,18,20-22H,5-6,9-11,13-15H2,1-2H3. The van der Waals surface area contributed by atoms with E-state index < -0.39 is 10.8 Å². The van der Waals surface area contributed by atoms with Crippen LogP contribution in [0.3, 0.4) is 0 Å². The number of rotatable bonds is 6. The summed E-state index contributed by atoms with van der Waals surface area (Å²) in [5.41, 5.74) is 1.33. The molecule has 2 fully saturated rings. The predicted molar refractivity (Wildman–Crippen MR) is 123 cm³/mol. The van der Waals surface area contributed by atoms with Crippen LogP contribution < -0.4 is 0 Å². The summed E-state index contributed by atoms with van der Waals surface area (Å²) in [6.07, 6.45) is 9.14. The number of ether oxygens (including phenoxy) is 1. The highest BCUT2D eigenvalue weighted by molar-refractivity contribution is 9.10. The Kier molecular flexibility index (Phi) is 7.44. The fourth-order valence-corrected chi connectivity index (χ4v) is 5.86. The molecule has 1 saturated heterocycles. The van der Waals surface area contributed by atoms with E-state index >= 15 is 0 Å². The quantitative estimate of drug-likeness (QED) is 0.592. The van der Waals surface area contributed by atoms with Gasteiger partial charge in [0.25, 0.3) is 0 Å². The Bertz CT molecular complexity index is 848. The summed E-state index contributed by atoms with van der Waals surface area (Å²) in [7, 11) is -0.841. The Morgan fingerprint density at radius 3 is 2.57 bits per heavy atom. The SMILES string of the molecule is Cc1cnc(C2CCC(N3CC(CS(C)=O)OCC3Cc3ccc(Br)cc3)CC2)o1. The van der Waals surface area contributed by atoms with E-state index in [1.54, 1.807) is 6.26 Å². The van der Waals surface area contributed by atoms with Crippen LogP contribution in [-0.2, 0) is 22.0 Å². The van der Waals surface area contributed by atoms with Crippen LogP contribution in [0.4, 0.5) is 0 Å². The van der Waals surface area contributed by atoms with E-state index in [0.29, 0.717) is 30.4 Å². The number of hydrogen-bond acceptors (Lipinski definition) is 5. The first-order valence-electron chi connectivity index (χ1n) is 10.8. The third-order valence-corrected chi connectivity index (χ3v) is 7.74. The number of morpholine rings is 1. The van der Waals surface area contributed by atoms with Gasteiger partial charge < -0.3 is 9.15 Å². The molecule has 0 radical (unpaired) electrons. The molecule has 0 spiro atoms. The van der Waals surface area contributed by atoms with Gasteiger partial charge in [-0.25, -0.2) is 4.98 Å². The molecule has 3 atom stereocenters. The Morgan fingerprint density at radius 2 is 1.93 bits per heavy atom. The average molecular weight is 495 g/mol. The molecule has 1 aliphatic carbocycles. The predicted octanol–water partition coefficient (Wildman–Crippen LogP) is 4.46. The van der Waals surface area contributed by atoms with Gasteiger partial charge in [0.2, 0.25) is 0 Å². The lowest BCUT2D eigenvalue weighted by molar-refractivity contribution is -0.0755. The van der Waals surface area contributed by atoms with Crippen molar-refractivity contribution in [2.75, 3.05) is 25.2 Å². The van der Waals surface area contributed by atoms with Gasteiger partial charge in [0.1, 0.15) is 5.76 Å². The smallest absolute Gasteiger partial charge is 0.197 e. The zero-order valence-corrected chi connectivity index (χ0v) is 20.2. The van der Waals surface area contributed by atoms with E-state index in [1.807, 2.05) is 13.1 Å². The van der Waals surface area contributed by atoms with Crippen molar-refractivity contribution in [1.29, 1.82) is 0 Å². The molecule has 0 amide bonds. The Hall–Kier alpha value is -1.02. The number of hydrogen-bond donors (Lipinski definition) is 0. The molecule has 30 heavy (non-hydrogen) atoms. The number of benzene rings is 1. The Morgan fingerprint density at radius 1 is 1.20 bits per heavy atom. The van der Waals surface area contributed by atoms with Crippen molar-refractivity contribution in [2.24, 2.45) is 0 Å². The molecular weight excluding hydrogens is 464 g/mol.